The van der Waals surface area contributed by atoms with Gasteiger partial charge in [-0.25, -0.2) is 20.0 Å². The predicted molar refractivity (Wildman–Crippen MR) is 158 cm³/mol. The number of rotatable bonds is 7. The highest BCUT2D eigenvalue weighted by atomic mass is 19.1. The number of fused-ring (bicyclic) bond motifs is 1. The van der Waals surface area contributed by atoms with Gasteiger partial charge >= 0.3 is 5.97 Å². The van der Waals surface area contributed by atoms with E-state index in [0.29, 0.717) is 27.7 Å². The van der Waals surface area contributed by atoms with Gasteiger partial charge in [0, 0.05) is 40.9 Å². The van der Waals surface area contributed by atoms with E-state index < -0.39 is 29.6 Å². The van der Waals surface area contributed by atoms with Crippen LogP contribution in [0, 0.1) is 17.7 Å². The van der Waals surface area contributed by atoms with E-state index >= 15 is 0 Å². The Bertz CT molecular complexity index is 1900. The van der Waals surface area contributed by atoms with Crippen LogP contribution in [0.3, 0.4) is 0 Å². The van der Waals surface area contributed by atoms with E-state index in [1.807, 2.05) is 6.07 Å². The summed E-state index contributed by atoms with van der Waals surface area (Å²) in [5.41, 5.74) is 5.72. The number of hydrazine groups is 1. The van der Waals surface area contributed by atoms with Crippen LogP contribution in [0.2, 0.25) is 0 Å². The molecular formula is C33H24FN5O4. The second-order valence-electron chi connectivity index (χ2n) is 9.50. The molecule has 5 rings (SSSR count). The first kappa shape index (κ1) is 28.6. The number of nitrogens with one attached hydrogen (secondary N) is 2. The van der Waals surface area contributed by atoms with Crippen molar-refractivity contribution < 1.29 is 23.9 Å². The zero-order valence-corrected chi connectivity index (χ0v) is 22.5. The molecule has 2 aromatic heterocycles. The number of aromatic nitrogens is 2. The van der Waals surface area contributed by atoms with E-state index in [2.05, 4.69) is 32.6 Å². The number of halogens is 1. The molecule has 43 heavy (non-hydrogen) atoms. The Hall–Kier alpha value is -5.92. The molecule has 0 spiro atoms. The predicted octanol–water partition coefficient (Wildman–Crippen LogP) is 3.86. The number of hydrogen-bond acceptors (Lipinski definition) is 6. The Morgan fingerprint density at radius 1 is 0.930 bits per heavy atom. The van der Waals surface area contributed by atoms with Crippen molar-refractivity contribution in [1.29, 1.82) is 0 Å². The lowest BCUT2D eigenvalue weighted by molar-refractivity contribution is -0.139. The van der Waals surface area contributed by atoms with Crippen molar-refractivity contribution in [3.63, 3.8) is 0 Å². The van der Waals surface area contributed by atoms with Crippen molar-refractivity contribution in [2.45, 2.75) is 12.5 Å². The average Bonchev–Trinajstić information content (AvgIpc) is 3.03. The van der Waals surface area contributed by atoms with Gasteiger partial charge in [0.15, 0.2) is 0 Å². The lowest BCUT2D eigenvalue weighted by atomic mass is 10.0. The van der Waals surface area contributed by atoms with Crippen molar-refractivity contribution in [3.05, 3.63) is 131 Å². The lowest BCUT2D eigenvalue weighted by Gasteiger charge is -2.15. The minimum Gasteiger partial charge on any atom is -0.480 e. The van der Waals surface area contributed by atoms with Crippen LogP contribution >= 0.6 is 0 Å². The molecule has 0 saturated carbocycles. The highest BCUT2D eigenvalue weighted by Gasteiger charge is 2.21. The Kier molecular flexibility index (Phi) is 8.46. The molecule has 2 heterocycles. The fourth-order valence-corrected chi connectivity index (χ4v) is 4.40. The average molecular weight is 574 g/mol. The van der Waals surface area contributed by atoms with Gasteiger partial charge in [-0.2, -0.15) is 0 Å². The van der Waals surface area contributed by atoms with Gasteiger partial charge in [0.05, 0.1) is 22.3 Å². The van der Waals surface area contributed by atoms with Gasteiger partial charge in [-0.05, 0) is 48.0 Å². The van der Waals surface area contributed by atoms with Gasteiger partial charge in [-0.15, -0.1) is 0 Å². The van der Waals surface area contributed by atoms with Crippen LogP contribution in [0.5, 0.6) is 0 Å². The number of benzene rings is 3. The van der Waals surface area contributed by atoms with Crippen LogP contribution in [-0.4, -0.2) is 38.9 Å². The summed E-state index contributed by atoms with van der Waals surface area (Å²) in [6.45, 7) is 0. The molecule has 5 N–H and O–H groups in total. The smallest absolute Gasteiger partial charge is 0.326 e. The minimum absolute atomic E-state index is 0.0203. The number of carbonyl (C=O) groups excluding carboxylic acids is 2. The van der Waals surface area contributed by atoms with Gasteiger partial charge in [-0.3, -0.25) is 20.0 Å². The van der Waals surface area contributed by atoms with E-state index in [-0.39, 0.29) is 17.5 Å². The molecule has 1 atom stereocenters. The topological polar surface area (TPSA) is 147 Å². The van der Waals surface area contributed by atoms with Crippen LogP contribution in [0.15, 0.2) is 97.3 Å². The third kappa shape index (κ3) is 6.70. The number of amides is 2. The van der Waals surface area contributed by atoms with Crippen molar-refractivity contribution in [3.8, 4) is 23.1 Å². The molecule has 1 unspecified atom stereocenters. The summed E-state index contributed by atoms with van der Waals surface area (Å²) in [6, 6.07) is 21.9. The van der Waals surface area contributed by atoms with Crippen molar-refractivity contribution >= 4 is 28.7 Å². The standard InChI is InChI=1S/C33H24FN5O4/c34-27-17-24(31(40)38-30(33(42)43)16-21-4-2-1-3-5-21)13-12-22(27)9-6-20-7-10-23(11-8-20)29-18-25(32(41)39-35)26-19-36-15-14-28(26)37-29/h1-5,7-8,10-15,17-19,30H,16,35H2,(H,38,40)(H,39,41)(H,42,43). The summed E-state index contributed by atoms with van der Waals surface area (Å²) < 4.78 is 14.8. The highest BCUT2D eigenvalue weighted by Crippen LogP contribution is 2.24. The van der Waals surface area contributed by atoms with E-state index in [1.165, 1.54) is 12.1 Å². The number of carbonyl (C=O) groups is 3. The fraction of sp³-hybridized carbons (Fsp3) is 0.0606. The minimum atomic E-state index is -1.19. The van der Waals surface area contributed by atoms with Crippen molar-refractivity contribution in [2.24, 2.45) is 5.84 Å². The molecule has 9 nitrogen and oxygen atoms in total. The maximum Gasteiger partial charge on any atom is 0.326 e. The summed E-state index contributed by atoms with van der Waals surface area (Å²) in [4.78, 5) is 45.4. The van der Waals surface area contributed by atoms with Gasteiger partial charge < -0.3 is 10.4 Å². The van der Waals surface area contributed by atoms with Crippen LogP contribution < -0.4 is 16.6 Å². The summed E-state index contributed by atoms with van der Waals surface area (Å²) in [5.74, 6) is 7.92. The molecule has 212 valence electrons. The Morgan fingerprint density at radius 3 is 2.40 bits per heavy atom. The van der Waals surface area contributed by atoms with E-state index in [9.17, 15) is 23.9 Å². The number of carboxylic acids is 1. The van der Waals surface area contributed by atoms with Crippen LogP contribution in [0.25, 0.3) is 22.2 Å². The number of nitrogens with zero attached hydrogens (tertiary/aromatic N) is 2. The maximum absolute atomic E-state index is 14.8. The summed E-state index contributed by atoms with van der Waals surface area (Å²) in [6.07, 6.45) is 3.22. The Balaban J connectivity index is 1.31. The molecular weight excluding hydrogens is 549 g/mol. The molecule has 10 heteroatoms. The highest BCUT2D eigenvalue weighted by molar-refractivity contribution is 6.06. The summed E-state index contributed by atoms with van der Waals surface area (Å²) in [5, 5.41) is 12.6. The quantitative estimate of drug-likeness (QED) is 0.100. The first-order valence-electron chi connectivity index (χ1n) is 13.1. The largest absolute Gasteiger partial charge is 0.480 e. The first-order valence-corrected chi connectivity index (χ1v) is 13.1. The molecule has 0 fully saturated rings. The van der Waals surface area contributed by atoms with E-state index in [1.54, 1.807) is 73.1 Å². The molecule has 0 bridgehead atoms. The van der Waals surface area contributed by atoms with E-state index in [0.717, 1.165) is 17.2 Å². The van der Waals surface area contributed by atoms with E-state index in [4.69, 9.17) is 5.84 Å². The normalized spacial score (nSPS) is 11.2. The van der Waals surface area contributed by atoms with Gasteiger partial charge in [0.25, 0.3) is 11.8 Å². The van der Waals surface area contributed by atoms with Gasteiger partial charge in [0.1, 0.15) is 11.9 Å². The first-order chi connectivity index (χ1) is 20.8. The zero-order valence-electron chi connectivity index (χ0n) is 22.5. The zero-order chi connectivity index (χ0) is 30.3. The number of pyridine rings is 2. The molecule has 2 amide bonds. The number of nitrogen functional groups attached to an aromatic ring is 1. The molecule has 5 aromatic rings. The van der Waals surface area contributed by atoms with Gasteiger partial charge in [0.2, 0.25) is 0 Å². The summed E-state index contributed by atoms with van der Waals surface area (Å²) >= 11 is 0. The van der Waals surface area contributed by atoms with Crippen LogP contribution in [-0.2, 0) is 11.2 Å². The monoisotopic (exact) mass is 573 g/mol. The van der Waals surface area contributed by atoms with Crippen molar-refractivity contribution in [2.75, 3.05) is 0 Å². The fourth-order valence-electron chi connectivity index (χ4n) is 4.40. The summed E-state index contributed by atoms with van der Waals surface area (Å²) in [7, 11) is 0. The molecule has 0 aliphatic heterocycles. The van der Waals surface area contributed by atoms with Crippen LogP contribution in [0.4, 0.5) is 4.39 Å². The Morgan fingerprint density at radius 2 is 1.70 bits per heavy atom. The number of nitrogens with two attached hydrogens (primary N) is 1. The number of hydrogen-bond donors (Lipinski definition) is 4. The maximum atomic E-state index is 14.8. The second kappa shape index (κ2) is 12.7. The Labute approximate surface area is 245 Å². The van der Waals surface area contributed by atoms with Crippen LogP contribution in [0.1, 0.15) is 37.4 Å². The lowest BCUT2D eigenvalue weighted by Crippen LogP contribution is -2.42. The SMILES string of the molecule is NNC(=O)c1cc(-c2ccc(C#Cc3ccc(C(=O)NC(Cc4ccccc4)C(=O)O)cc3F)cc2)nc2ccncc12. The van der Waals surface area contributed by atoms with Gasteiger partial charge in [-0.1, -0.05) is 54.3 Å². The molecule has 0 aliphatic rings. The molecule has 0 aliphatic carbocycles. The molecule has 0 saturated heterocycles. The molecule has 0 radical (unpaired) electrons. The third-order valence-electron chi connectivity index (χ3n) is 6.63. The number of aliphatic carboxylic acids is 1. The third-order valence-corrected chi connectivity index (χ3v) is 6.63. The molecule has 3 aromatic carbocycles. The second-order valence-corrected chi connectivity index (χ2v) is 9.50. The number of carboxylic acid groups (broad SMARTS) is 1. The van der Waals surface area contributed by atoms with Crippen molar-refractivity contribution in [1.82, 2.24) is 20.7 Å².